The first-order valence-corrected chi connectivity index (χ1v) is 11.2. The van der Waals surface area contributed by atoms with Crippen molar-refractivity contribution in [1.29, 1.82) is 0 Å². The Hall–Kier alpha value is -2.88. The summed E-state index contributed by atoms with van der Waals surface area (Å²) in [6.45, 7) is 0. The van der Waals surface area contributed by atoms with Gasteiger partial charge in [-0.05, 0) is 83.2 Å². The lowest BCUT2D eigenvalue weighted by Crippen LogP contribution is -2.14. The van der Waals surface area contributed by atoms with E-state index < -0.39 is 0 Å². The topological polar surface area (TPSA) is 81.9 Å². The van der Waals surface area contributed by atoms with Crippen molar-refractivity contribution < 1.29 is 9.53 Å². The van der Waals surface area contributed by atoms with Gasteiger partial charge in [-0.15, -0.1) is 5.10 Å². The molecule has 0 unspecified atom stereocenters. The second kappa shape index (κ2) is 9.95. The van der Waals surface area contributed by atoms with Crippen molar-refractivity contribution in [3.05, 3.63) is 82.3 Å². The van der Waals surface area contributed by atoms with Crippen LogP contribution >= 0.6 is 39.3 Å². The third kappa shape index (κ3) is 5.84. The summed E-state index contributed by atoms with van der Waals surface area (Å²) in [5.41, 5.74) is 1.48. The van der Waals surface area contributed by atoms with Crippen LogP contribution in [0.2, 0.25) is 5.02 Å². The van der Waals surface area contributed by atoms with Crippen molar-refractivity contribution in [2.24, 2.45) is 0 Å². The van der Waals surface area contributed by atoms with Gasteiger partial charge in [-0.1, -0.05) is 39.3 Å². The van der Waals surface area contributed by atoms with Crippen LogP contribution in [0.5, 0.6) is 11.5 Å². The standard InChI is InChI=1S/C21H15BrClN5O2S/c22-14-1-7-17(8-2-14)28-21(25-26-27-28)31-13-20(29)24-16-5-11-19(12-6-16)30-18-9-3-15(23)4-10-18/h1-12H,13H2,(H,24,29). The molecular weight excluding hydrogens is 502 g/mol. The van der Waals surface area contributed by atoms with Gasteiger partial charge >= 0.3 is 0 Å². The van der Waals surface area contributed by atoms with Gasteiger partial charge in [-0.3, -0.25) is 4.79 Å². The van der Waals surface area contributed by atoms with E-state index in [9.17, 15) is 4.79 Å². The molecule has 1 amide bonds. The molecule has 0 saturated heterocycles. The summed E-state index contributed by atoms with van der Waals surface area (Å²) in [5.74, 6) is 1.34. The van der Waals surface area contributed by atoms with Crippen molar-refractivity contribution in [3.63, 3.8) is 0 Å². The van der Waals surface area contributed by atoms with E-state index in [1.807, 2.05) is 24.3 Å². The maximum Gasteiger partial charge on any atom is 0.234 e. The van der Waals surface area contributed by atoms with Gasteiger partial charge in [0.25, 0.3) is 0 Å². The molecule has 0 bridgehead atoms. The summed E-state index contributed by atoms with van der Waals surface area (Å²) in [6, 6.07) is 21.8. The Labute approximate surface area is 195 Å². The van der Waals surface area contributed by atoms with E-state index in [1.54, 1.807) is 53.2 Å². The average Bonchev–Trinajstić information content (AvgIpc) is 3.24. The number of anilines is 1. The monoisotopic (exact) mass is 515 g/mol. The molecule has 10 heteroatoms. The predicted octanol–water partition coefficient (Wildman–Crippen LogP) is 5.60. The van der Waals surface area contributed by atoms with Crippen molar-refractivity contribution in [2.45, 2.75) is 5.16 Å². The molecule has 4 rings (SSSR count). The Morgan fingerprint density at radius 2 is 1.65 bits per heavy atom. The number of hydrogen-bond acceptors (Lipinski definition) is 6. The zero-order valence-corrected chi connectivity index (χ0v) is 19.1. The minimum absolute atomic E-state index is 0.165. The number of aromatic nitrogens is 4. The third-order valence-electron chi connectivity index (χ3n) is 4.03. The Balaban J connectivity index is 1.32. The van der Waals surface area contributed by atoms with Crippen LogP contribution in [0.15, 0.2) is 82.4 Å². The SMILES string of the molecule is O=C(CSc1nnnn1-c1ccc(Br)cc1)Nc1ccc(Oc2ccc(Cl)cc2)cc1. The number of amides is 1. The maximum absolute atomic E-state index is 12.3. The zero-order chi connectivity index (χ0) is 21.6. The van der Waals surface area contributed by atoms with Crippen molar-refractivity contribution in [3.8, 4) is 17.2 Å². The van der Waals surface area contributed by atoms with Gasteiger partial charge in [0.1, 0.15) is 11.5 Å². The number of carbonyl (C=O) groups excluding carboxylic acids is 1. The van der Waals surface area contributed by atoms with Crippen LogP contribution < -0.4 is 10.1 Å². The number of nitrogens with one attached hydrogen (secondary N) is 1. The van der Waals surface area contributed by atoms with Gasteiger partial charge in [0, 0.05) is 15.2 Å². The maximum atomic E-state index is 12.3. The highest BCUT2D eigenvalue weighted by atomic mass is 79.9. The van der Waals surface area contributed by atoms with E-state index in [2.05, 4.69) is 36.8 Å². The van der Waals surface area contributed by atoms with E-state index in [-0.39, 0.29) is 11.7 Å². The van der Waals surface area contributed by atoms with Crippen LogP contribution in [0.25, 0.3) is 5.69 Å². The molecule has 0 spiro atoms. The molecule has 156 valence electrons. The van der Waals surface area contributed by atoms with E-state index >= 15 is 0 Å². The molecule has 0 atom stereocenters. The summed E-state index contributed by atoms with van der Waals surface area (Å²) in [4.78, 5) is 12.3. The Bertz CT molecular complexity index is 1170. The number of rotatable bonds is 7. The lowest BCUT2D eigenvalue weighted by atomic mass is 10.3. The van der Waals surface area contributed by atoms with Crippen molar-refractivity contribution in [1.82, 2.24) is 20.2 Å². The van der Waals surface area contributed by atoms with Crippen LogP contribution in [0.1, 0.15) is 0 Å². The summed E-state index contributed by atoms with van der Waals surface area (Å²) in [6.07, 6.45) is 0. The summed E-state index contributed by atoms with van der Waals surface area (Å²) in [7, 11) is 0. The predicted molar refractivity (Wildman–Crippen MR) is 124 cm³/mol. The molecule has 0 saturated carbocycles. The number of hydrogen-bond donors (Lipinski definition) is 1. The molecule has 0 aliphatic heterocycles. The zero-order valence-electron chi connectivity index (χ0n) is 15.9. The van der Waals surface area contributed by atoms with Crippen LogP contribution in [-0.2, 0) is 4.79 Å². The highest BCUT2D eigenvalue weighted by Crippen LogP contribution is 2.25. The first kappa shape index (κ1) is 21.4. The van der Waals surface area contributed by atoms with E-state index in [0.29, 0.717) is 27.4 Å². The molecule has 0 fully saturated rings. The molecule has 0 radical (unpaired) electrons. The van der Waals surface area contributed by atoms with Gasteiger partial charge < -0.3 is 10.1 Å². The highest BCUT2D eigenvalue weighted by molar-refractivity contribution is 9.10. The lowest BCUT2D eigenvalue weighted by molar-refractivity contribution is -0.113. The van der Waals surface area contributed by atoms with Crippen LogP contribution in [0.3, 0.4) is 0 Å². The summed E-state index contributed by atoms with van der Waals surface area (Å²) in [5, 5.41) is 15.7. The smallest absolute Gasteiger partial charge is 0.234 e. The minimum atomic E-state index is -0.165. The highest BCUT2D eigenvalue weighted by Gasteiger charge is 2.12. The Morgan fingerprint density at radius 3 is 2.32 bits per heavy atom. The van der Waals surface area contributed by atoms with Crippen molar-refractivity contribution >= 4 is 50.9 Å². The minimum Gasteiger partial charge on any atom is -0.457 e. The molecule has 3 aromatic carbocycles. The molecule has 1 heterocycles. The van der Waals surface area contributed by atoms with E-state index in [1.165, 1.54) is 11.8 Å². The second-order valence-corrected chi connectivity index (χ2v) is 8.56. The largest absolute Gasteiger partial charge is 0.457 e. The molecule has 1 aromatic heterocycles. The van der Waals surface area contributed by atoms with E-state index in [0.717, 1.165) is 10.2 Å². The number of thioether (sulfide) groups is 1. The Kier molecular flexibility index (Phi) is 6.86. The van der Waals surface area contributed by atoms with Crippen LogP contribution in [0.4, 0.5) is 5.69 Å². The van der Waals surface area contributed by atoms with Crippen molar-refractivity contribution in [2.75, 3.05) is 11.1 Å². The number of halogens is 2. The first-order valence-electron chi connectivity index (χ1n) is 9.07. The Morgan fingerprint density at radius 1 is 1.00 bits per heavy atom. The quantitative estimate of drug-likeness (QED) is 0.322. The molecule has 4 aromatic rings. The number of ether oxygens (including phenoxy) is 1. The van der Waals surface area contributed by atoms with Gasteiger partial charge in [0.15, 0.2) is 0 Å². The summed E-state index contributed by atoms with van der Waals surface area (Å²) < 4.78 is 8.30. The molecule has 0 aliphatic rings. The fraction of sp³-hybridized carbons (Fsp3) is 0.0476. The number of tetrazole rings is 1. The molecule has 31 heavy (non-hydrogen) atoms. The fourth-order valence-electron chi connectivity index (χ4n) is 2.59. The van der Waals surface area contributed by atoms with Crippen LogP contribution in [-0.4, -0.2) is 31.9 Å². The van der Waals surface area contributed by atoms with Gasteiger partial charge in [-0.25, -0.2) is 0 Å². The van der Waals surface area contributed by atoms with Gasteiger partial charge in [-0.2, -0.15) is 4.68 Å². The number of nitrogens with zero attached hydrogens (tertiary/aromatic N) is 4. The van der Waals surface area contributed by atoms with Gasteiger partial charge in [0.05, 0.1) is 11.4 Å². The van der Waals surface area contributed by atoms with E-state index in [4.69, 9.17) is 16.3 Å². The average molecular weight is 517 g/mol. The molecule has 1 N–H and O–H groups in total. The fourth-order valence-corrected chi connectivity index (χ4v) is 3.67. The summed E-state index contributed by atoms with van der Waals surface area (Å²) >= 11 is 10.5. The number of benzene rings is 3. The lowest BCUT2D eigenvalue weighted by Gasteiger charge is -2.08. The first-order chi connectivity index (χ1) is 15.1. The van der Waals surface area contributed by atoms with Gasteiger partial charge in [0.2, 0.25) is 11.1 Å². The normalized spacial score (nSPS) is 10.6. The second-order valence-electron chi connectivity index (χ2n) is 6.27. The number of carbonyl (C=O) groups is 1. The third-order valence-corrected chi connectivity index (χ3v) is 5.73. The van der Waals surface area contributed by atoms with Crippen LogP contribution in [0, 0.1) is 0 Å². The molecule has 7 nitrogen and oxygen atoms in total. The molecule has 0 aliphatic carbocycles. The molecular formula is C21H15BrClN5O2S.